The second-order valence-corrected chi connectivity index (χ2v) is 5.15. The van der Waals surface area contributed by atoms with Gasteiger partial charge in [0.15, 0.2) is 0 Å². The van der Waals surface area contributed by atoms with Crippen molar-refractivity contribution in [1.82, 2.24) is 5.32 Å². The summed E-state index contributed by atoms with van der Waals surface area (Å²) >= 11 is 0. The molecule has 0 saturated heterocycles. The lowest BCUT2D eigenvalue weighted by molar-refractivity contribution is 0.373. The van der Waals surface area contributed by atoms with E-state index in [2.05, 4.69) is 19.2 Å². The van der Waals surface area contributed by atoms with Crippen LogP contribution in [0.2, 0.25) is 0 Å². The monoisotopic (exact) mass is 221 g/mol. The van der Waals surface area contributed by atoms with Gasteiger partial charge < -0.3 is 5.32 Å². The number of nitrogens with one attached hydrogen (secondary N) is 1. The van der Waals surface area contributed by atoms with Crippen molar-refractivity contribution in [3.63, 3.8) is 0 Å². The van der Waals surface area contributed by atoms with Gasteiger partial charge in [-0.15, -0.1) is 0 Å². The van der Waals surface area contributed by atoms with Gasteiger partial charge in [-0.2, -0.15) is 0 Å². The van der Waals surface area contributed by atoms with E-state index in [1.807, 2.05) is 19.1 Å². The van der Waals surface area contributed by atoms with Gasteiger partial charge in [-0.1, -0.05) is 26.0 Å². The van der Waals surface area contributed by atoms with Gasteiger partial charge in [0.2, 0.25) is 0 Å². The molecule has 1 saturated carbocycles. The Bertz CT molecular complexity index is 382. The number of benzene rings is 1. The zero-order chi connectivity index (χ0) is 11.8. The van der Waals surface area contributed by atoms with Crippen LogP contribution >= 0.6 is 0 Å². The predicted octanol–water partition coefficient (Wildman–Crippen LogP) is 3.58. The van der Waals surface area contributed by atoms with E-state index in [0.717, 1.165) is 12.1 Å². The SMILES string of the molecule is CCNC(c1ccc(F)c(C)c1)C1(C)CC1. The highest BCUT2D eigenvalue weighted by atomic mass is 19.1. The molecule has 88 valence electrons. The van der Waals surface area contributed by atoms with E-state index in [-0.39, 0.29) is 5.82 Å². The Kier molecular flexibility index (Phi) is 3.02. The summed E-state index contributed by atoms with van der Waals surface area (Å²) in [6.07, 6.45) is 2.53. The molecule has 1 aromatic rings. The van der Waals surface area contributed by atoms with E-state index in [1.54, 1.807) is 6.07 Å². The third-order valence-electron chi connectivity index (χ3n) is 3.66. The van der Waals surface area contributed by atoms with Crippen LogP contribution in [0.3, 0.4) is 0 Å². The Morgan fingerprint density at radius 1 is 1.44 bits per heavy atom. The number of hydrogen-bond donors (Lipinski definition) is 1. The fourth-order valence-corrected chi connectivity index (χ4v) is 2.30. The van der Waals surface area contributed by atoms with Crippen LogP contribution in [0.15, 0.2) is 18.2 Å². The van der Waals surface area contributed by atoms with Crippen LogP contribution in [0.5, 0.6) is 0 Å². The topological polar surface area (TPSA) is 12.0 Å². The van der Waals surface area contributed by atoms with Crippen LogP contribution in [-0.4, -0.2) is 6.54 Å². The van der Waals surface area contributed by atoms with Gasteiger partial charge in [0.25, 0.3) is 0 Å². The smallest absolute Gasteiger partial charge is 0.126 e. The summed E-state index contributed by atoms with van der Waals surface area (Å²) in [6, 6.07) is 5.85. The molecule has 1 nitrogen and oxygen atoms in total. The maximum atomic E-state index is 13.2. The predicted molar refractivity (Wildman–Crippen MR) is 64.9 cm³/mol. The van der Waals surface area contributed by atoms with E-state index < -0.39 is 0 Å². The van der Waals surface area contributed by atoms with Gasteiger partial charge >= 0.3 is 0 Å². The zero-order valence-corrected chi connectivity index (χ0v) is 10.3. The molecule has 0 heterocycles. The van der Waals surface area contributed by atoms with Crippen molar-refractivity contribution in [2.75, 3.05) is 6.54 Å². The second-order valence-electron chi connectivity index (χ2n) is 5.15. The molecule has 2 heteroatoms. The first-order valence-electron chi connectivity index (χ1n) is 6.06. The molecule has 1 fully saturated rings. The Balaban J connectivity index is 2.28. The lowest BCUT2D eigenvalue weighted by Gasteiger charge is -2.25. The van der Waals surface area contributed by atoms with Crippen molar-refractivity contribution in [2.24, 2.45) is 5.41 Å². The number of aryl methyl sites for hydroxylation is 1. The van der Waals surface area contributed by atoms with Gasteiger partial charge in [-0.05, 0) is 48.9 Å². The van der Waals surface area contributed by atoms with E-state index in [1.165, 1.54) is 18.4 Å². The lowest BCUT2D eigenvalue weighted by atomic mass is 9.91. The highest BCUT2D eigenvalue weighted by Gasteiger charge is 2.45. The fourth-order valence-electron chi connectivity index (χ4n) is 2.30. The van der Waals surface area contributed by atoms with Crippen molar-refractivity contribution >= 4 is 0 Å². The molecule has 1 aliphatic rings. The minimum Gasteiger partial charge on any atom is -0.310 e. The molecule has 0 amide bonds. The van der Waals surface area contributed by atoms with Gasteiger partial charge in [0.1, 0.15) is 5.82 Å². The van der Waals surface area contributed by atoms with Gasteiger partial charge in [0.05, 0.1) is 0 Å². The summed E-state index contributed by atoms with van der Waals surface area (Å²) in [5.41, 5.74) is 2.34. The average molecular weight is 221 g/mol. The van der Waals surface area contributed by atoms with Crippen molar-refractivity contribution in [3.8, 4) is 0 Å². The summed E-state index contributed by atoms with van der Waals surface area (Å²) in [6.45, 7) is 7.21. The summed E-state index contributed by atoms with van der Waals surface area (Å²) in [7, 11) is 0. The van der Waals surface area contributed by atoms with Crippen molar-refractivity contribution < 1.29 is 4.39 Å². The highest BCUT2D eigenvalue weighted by Crippen LogP contribution is 2.54. The quantitative estimate of drug-likeness (QED) is 0.819. The third-order valence-corrected chi connectivity index (χ3v) is 3.66. The molecule has 0 bridgehead atoms. The third kappa shape index (κ3) is 2.12. The van der Waals surface area contributed by atoms with Gasteiger partial charge in [-0.3, -0.25) is 0 Å². The molecule has 0 spiro atoms. The summed E-state index contributed by atoms with van der Waals surface area (Å²) in [4.78, 5) is 0. The standard InChI is InChI=1S/C14H20FN/c1-4-16-13(14(3)7-8-14)11-5-6-12(15)10(2)9-11/h5-6,9,13,16H,4,7-8H2,1-3H3. The van der Waals surface area contributed by atoms with Crippen LogP contribution in [0.1, 0.15) is 43.9 Å². The van der Waals surface area contributed by atoms with Crippen molar-refractivity contribution in [3.05, 3.63) is 35.1 Å². The maximum absolute atomic E-state index is 13.2. The molecule has 0 aromatic heterocycles. The normalized spacial score (nSPS) is 19.5. The number of rotatable bonds is 4. The molecule has 0 aliphatic heterocycles. The summed E-state index contributed by atoms with van der Waals surface area (Å²) in [5, 5.41) is 3.53. The minimum absolute atomic E-state index is 0.111. The first-order valence-corrected chi connectivity index (χ1v) is 6.06. The Labute approximate surface area is 97.1 Å². The highest BCUT2D eigenvalue weighted by molar-refractivity contribution is 5.29. The molecular formula is C14H20FN. The van der Waals surface area contributed by atoms with Crippen molar-refractivity contribution in [1.29, 1.82) is 0 Å². The zero-order valence-electron chi connectivity index (χ0n) is 10.3. The van der Waals surface area contributed by atoms with E-state index >= 15 is 0 Å². The van der Waals surface area contributed by atoms with Crippen LogP contribution in [-0.2, 0) is 0 Å². The maximum Gasteiger partial charge on any atom is 0.126 e. The van der Waals surface area contributed by atoms with Crippen LogP contribution < -0.4 is 5.32 Å². The molecule has 1 unspecified atom stereocenters. The first-order chi connectivity index (χ1) is 7.57. The van der Waals surface area contributed by atoms with E-state index in [9.17, 15) is 4.39 Å². The van der Waals surface area contributed by atoms with Crippen molar-refractivity contribution in [2.45, 2.75) is 39.7 Å². The molecule has 1 aliphatic carbocycles. The van der Waals surface area contributed by atoms with E-state index in [4.69, 9.17) is 0 Å². The Hall–Kier alpha value is -0.890. The molecule has 1 atom stereocenters. The molecule has 1 aromatic carbocycles. The largest absolute Gasteiger partial charge is 0.310 e. The molecule has 1 N–H and O–H groups in total. The lowest BCUT2D eigenvalue weighted by Crippen LogP contribution is -2.27. The molecule has 0 radical (unpaired) electrons. The fraction of sp³-hybridized carbons (Fsp3) is 0.571. The Morgan fingerprint density at radius 2 is 2.12 bits per heavy atom. The molecule has 16 heavy (non-hydrogen) atoms. The minimum atomic E-state index is -0.111. The van der Waals surface area contributed by atoms with Crippen LogP contribution in [0.4, 0.5) is 4.39 Å². The first kappa shape index (κ1) is 11.6. The van der Waals surface area contributed by atoms with E-state index in [0.29, 0.717) is 11.5 Å². The van der Waals surface area contributed by atoms with Crippen LogP contribution in [0, 0.1) is 18.2 Å². The van der Waals surface area contributed by atoms with Gasteiger partial charge in [-0.25, -0.2) is 4.39 Å². The number of hydrogen-bond acceptors (Lipinski definition) is 1. The average Bonchev–Trinajstić information content (AvgIpc) is 2.98. The summed E-state index contributed by atoms with van der Waals surface area (Å²) < 4.78 is 13.2. The molecule has 2 rings (SSSR count). The van der Waals surface area contributed by atoms with Crippen LogP contribution in [0.25, 0.3) is 0 Å². The number of halogens is 1. The summed E-state index contributed by atoms with van der Waals surface area (Å²) in [5.74, 6) is -0.111. The Morgan fingerprint density at radius 3 is 2.62 bits per heavy atom. The van der Waals surface area contributed by atoms with Gasteiger partial charge in [0, 0.05) is 6.04 Å². The molecular weight excluding hydrogens is 201 g/mol. The second kappa shape index (κ2) is 4.17.